The van der Waals surface area contributed by atoms with Crippen molar-refractivity contribution in [3.05, 3.63) is 23.3 Å². The first-order valence-corrected chi connectivity index (χ1v) is 18.1. The van der Waals surface area contributed by atoms with Crippen molar-refractivity contribution in [3.8, 4) is 6.07 Å². The Bertz CT molecular complexity index is 1260. The summed E-state index contributed by atoms with van der Waals surface area (Å²) in [5.41, 5.74) is -0.161. The minimum atomic E-state index is -0.684. The fourth-order valence-electron chi connectivity index (χ4n) is 9.30. The zero-order valence-electron chi connectivity index (χ0n) is 31.3. The summed E-state index contributed by atoms with van der Waals surface area (Å²) in [4.78, 5) is 41.6. The van der Waals surface area contributed by atoms with Gasteiger partial charge in [0.15, 0.2) is 11.6 Å². The van der Waals surface area contributed by atoms with E-state index >= 15 is 0 Å². The van der Waals surface area contributed by atoms with E-state index < -0.39 is 10.8 Å². The van der Waals surface area contributed by atoms with Gasteiger partial charge in [-0.05, 0) is 91.9 Å². The average Bonchev–Trinajstić information content (AvgIpc) is 2.98. The Balaban J connectivity index is 1.95. The number of allylic oxidation sites excluding steroid dienone is 4. The van der Waals surface area contributed by atoms with Gasteiger partial charge in [-0.25, -0.2) is 0 Å². The van der Waals surface area contributed by atoms with Crippen LogP contribution in [0.1, 0.15) is 140 Å². The van der Waals surface area contributed by atoms with Crippen LogP contribution in [0, 0.1) is 49.7 Å². The maximum atomic E-state index is 13.4. The average molecular weight is 636 g/mol. The molecule has 1 saturated heterocycles. The molecule has 1 amide bonds. The molecule has 1 N–H and O–H groups in total. The minimum absolute atomic E-state index is 0.00920. The van der Waals surface area contributed by atoms with Gasteiger partial charge in [0.2, 0.25) is 5.91 Å². The lowest BCUT2D eigenvalue weighted by atomic mass is 9.42. The Morgan fingerprint density at radius 3 is 2.17 bits per heavy atom. The van der Waals surface area contributed by atoms with Crippen molar-refractivity contribution in [2.24, 2.45) is 38.4 Å². The number of hydrogen-bond donors (Lipinski definition) is 1. The van der Waals surface area contributed by atoms with E-state index in [9.17, 15) is 19.6 Å². The molecule has 6 heteroatoms. The smallest absolute Gasteiger partial charge is 0.222 e. The molecular formula is C40H65N3O3. The van der Waals surface area contributed by atoms with Gasteiger partial charge in [-0.1, -0.05) is 87.3 Å². The summed E-state index contributed by atoms with van der Waals surface area (Å²) in [6, 6.07) is 2.20. The van der Waals surface area contributed by atoms with Crippen LogP contribution in [0.3, 0.4) is 0 Å². The number of hydrogen-bond acceptors (Lipinski definition) is 5. The molecule has 6 nitrogen and oxygen atoms in total. The molecule has 0 aromatic rings. The molecule has 2 fully saturated rings. The molecule has 46 heavy (non-hydrogen) atoms. The van der Waals surface area contributed by atoms with E-state index in [1.54, 1.807) is 6.92 Å². The van der Waals surface area contributed by atoms with Crippen molar-refractivity contribution in [1.82, 2.24) is 10.2 Å². The molecule has 3 aliphatic rings. The summed E-state index contributed by atoms with van der Waals surface area (Å²) in [6.07, 6.45) is 13.5. The number of ketones is 2. The fourth-order valence-corrected chi connectivity index (χ4v) is 9.30. The van der Waals surface area contributed by atoms with Gasteiger partial charge in [0.05, 0.1) is 5.57 Å². The second-order valence-electron chi connectivity index (χ2n) is 17.8. The normalized spacial score (nSPS) is 29.0. The first-order chi connectivity index (χ1) is 21.2. The summed E-state index contributed by atoms with van der Waals surface area (Å²) in [5, 5.41) is 13.3. The molecule has 258 valence electrons. The van der Waals surface area contributed by atoms with Crippen LogP contribution in [0.4, 0.5) is 0 Å². The molecule has 1 aliphatic heterocycles. The van der Waals surface area contributed by atoms with Crippen molar-refractivity contribution in [1.29, 1.82) is 5.26 Å². The summed E-state index contributed by atoms with van der Waals surface area (Å²) in [5.74, 6) is 0.218. The zero-order chi connectivity index (χ0) is 34.8. The highest BCUT2D eigenvalue weighted by molar-refractivity contribution is 6.04. The van der Waals surface area contributed by atoms with Crippen LogP contribution >= 0.6 is 0 Å². The van der Waals surface area contributed by atoms with Crippen LogP contribution in [0.25, 0.3) is 0 Å². The standard InChI is InChI=1S/C40H65N3O3/c1-12-15-35(3,4)18-20-38(9,16-14-33(45)43-24-22-42-23-25-43)21-19-36(5,6)40(11)17-13-31-37(7,8)34(46)30(28-41)27-39(31,10)32(40)26-29(2)44/h26-27,31,42H,12-25H2,1-11H3/b32-26-/t31-,38-,39-,40+/m0/s1. The van der Waals surface area contributed by atoms with Crippen molar-refractivity contribution < 1.29 is 14.4 Å². The lowest BCUT2D eigenvalue weighted by molar-refractivity contribution is -0.132. The van der Waals surface area contributed by atoms with Crippen LogP contribution in [-0.4, -0.2) is 48.6 Å². The van der Waals surface area contributed by atoms with Gasteiger partial charge in [-0.3, -0.25) is 14.4 Å². The predicted molar refractivity (Wildman–Crippen MR) is 188 cm³/mol. The quantitative estimate of drug-likeness (QED) is 0.205. The number of piperazine rings is 1. The van der Waals surface area contributed by atoms with Gasteiger partial charge in [0, 0.05) is 43.4 Å². The van der Waals surface area contributed by atoms with Crippen molar-refractivity contribution in [3.63, 3.8) is 0 Å². The van der Waals surface area contributed by atoms with Gasteiger partial charge < -0.3 is 10.2 Å². The molecule has 0 unspecified atom stereocenters. The molecule has 4 atom stereocenters. The number of carbonyl (C=O) groups is 3. The highest BCUT2D eigenvalue weighted by Crippen LogP contribution is 2.67. The monoisotopic (exact) mass is 636 g/mol. The number of fused-ring (bicyclic) bond motifs is 1. The van der Waals surface area contributed by atoms with E-state index in [1.165, 1.54) is 12.8 Å². The molecule has 0 bridgehead atoms. The summed E-state index contributed by atoms with van der Waals surface area (Å²) in [6.45, 7) is 27.5. The van der Waals surface area contributed by atoms with Crippen molar-refractivity contribution >= 4 is 17.5 Å². The highest BCUT2D eigenvalue weighted by atomic mass is 16.2. The van der Waals surface area contributed by atoms with Crippen LogP contribution < -0.4 is 5.32 Å². The number of carbonyl (C=O) groups excluding carboxylic acids is 3. The molecule has 3 rings (SSSR count). The molecule has 1 heterocycles. The molecule has 0 aromatic heterocycles. The Labute approximate surface area is 281 Å². The number of nitrogens with zero attached hydrogens (tertiary/aromatic N) is 2. The molecular weight excluding hydrogens is 570 g/mol. The van der Waals surface area contributed by atoms with E-state index in [0.29, 0.717) is 6.42 Å². The van der Waals surface area contributed by atoms with Crippen LogP contribution in [-0.2, 0) is 14.4 Å². The summed E-state index contributed by atoms with van der Waals surface area (Å²) in [7, 11) is 0. The lowest BCUT2D eigenvalue weighted by Gasteiger charge is -2.61. The second kappa shape index (κ2) is 14.1. The first-order valence-electron chi connectivity index (χ1n) is 18.1. The van der Waals surface area contributed by atoms with E-state index in [2.05, 4.69) is 66.8 Å². The maximum Gasteiger partial charge on any atom is 0.222 e. The molecule has 0 radical (unpaired) electrons. The second-order valence-corrected chi connectivity index (χ2v) is 17.8. The van der Waals surface area contributed by atoms with E-state index in [1.807, 2.05) is 30.9 Å². The Morgan fingerprint density at radius 2 is 1.61 bits per heavy atom. The number of nitriles is 1. The maximum absolute atomic E-state index is 13.4. The first kappa shape index (κ1) is 38.2. The van der Waals surface area contributed by atoms with Gasteiger partial charge in [-0.2, -0.15) is 5.26 Å². The summed E-state index contributed by atoms with van der Waals surface area (Å²) >= 11 is 0. The third kappa shape index (κ3) is 7.88. The predicted octanol–water partition coefficient (Wildman–Crippen LogP) is 8.61. The van der Waals surface area contributed by atoms with E-state index in [0.717, 1.165) is 76.7 Å². The van der Waals surface area contributed by atoms with E-state index in [4.69, 9.17) is 0 Å². The molecule has 0 spiro atoms. The Kier molecular flexibility index (Phi) is 11.7. The third-order valence-corrected chi connectivity index (χ3v) is 13.0. The molecule has 2 aliphatic carbocycles. The number of amides is 1. The number of rotatable bonds is 13. The van der Waals surface area contributed by atoms with Gasteiger partial charge in [0.1, 0.15) is 6.07 Å². The third-order valence-electron chi connectivity index (χ3n) is 13.0. The van der Waals surface area contributed by atoms with Gasteiger partial charge in [-0.15, -0.1) is 0 Å². The molecule has 0 aromatic carbocycles. The minimum Gasteiger partial charge on any atom is -0.340 e. The van der Waals surface area contributed by atoms with Gasteiger partial charge >= 0.3 is 0 Å². The topological polar surface area (TPSA) is 90.3 Å². The lowest BCUT2D eigenvalue weighted by Crippen LogP contribution is -2.55. The number of nitrogens with one attached hydrogen (secondary N) is 1. The Hall–Kier alpha value is -2.26. The molecule has 1 saturated carbocycles. The fraction of sp³-hybridized carbons (Fsp3) is 0.800. The zero-order valence-corrected chi connectivity index (χ0v) is 31.3. The van der Waals surface area contributed by atoms with Crippen LogP contribution in [0.2, 0.25) is 0 Å². The van der Waals surface area contributed by atoms with Crippen LogP contribution in [0.5, 0.6) is 0 Å². The van der Waals surface area contributed by atoms with Crippen LogP contribution in [0.15, 0.2) is 23.3 Å². The van der Waals surface area contributed by atoms with Crippen molar-refractivity contribution in [2.75, 3.05) is 26.2 Å². The Morgan fingerprint density at radius 1 is 1.00 bits per heavy atom. The highest BCUT2D eigenvalue weighted by Gasteiger charge is 2.61. The number of Topliss-reactive ketones (excluding diaryl/α,β-unsaturated/α-hetero) is 1. The van der Waals surface area contributed by atoms with Gasteiger partial charge in [0.25, 0.3) is 0 Å². The summed E-state index contributed by atoms with van der Waals surface area (Å²) < 4.78 is 0. The largest absolute Gasteiger partial charge is 0.340 e. The van der Waals surface area contributed by atoms with Crippen molar-refractivity contribution in [2.45, 2.75) is 140 Å². The SMILES string of the molecule is CCCC(C)(C)CC[C@](C)(CCC(=O)N1CCNCC1)CCC(C)(C)[C@]1(C)CC[C@H]2C(C)(C)C(=O)C(C#N)=C[C@]2(C)/C1=C/C(C)=O. The van der Waals surface area contributed by atoms with E-state index in [-0.39, 0.29) is 50.6 Å².